The first-order valence-electron chi connectivity index (χ1n) is 5.03. The van der Waals surface area contributed by atoms with E-state index < -0.39 is 40.3 Å². The van der Waals surface area contributed by atoms with Gasteiger partial charge in [-0.05, 0) is 24.3 Å². The van der Waals surface area contributed by atoms with Gasteiger partial charge in [0.05, 0.1) is 11.1 Å². The van der Waals surface area contributed by atoms with E-state index in [0.717, 1.165) is 12.1 Å². The van der Waals surface area contributed by atoms with Crippen molar-refractivity contribution < 1.29 is 26.3 Å². The second-order valence-electron chi connectivity index (χ2n) is 3.71. The topological polar surface area (TPSA) is 0 Å². The van der Waals surface area contributed by atoms with Crippen molar-refractivity contribution in [1.82, 2.24) is 0 Å². The van der Waals surface area contributed by atoms with Gasteiger partial charge in [0.2, 0.25) is 0 Å². The molecule has 0 heterocycles. The monoisotopic (exact) mass is 275 g/mol. The first kappa shape index (κ1) is 13.5. The van der Waals surface area contributed by atoms with E-state index in [0.29, 0.717) is 12.1 Å². The van der Waals surface area contributed by atoms with Gasteiger partial charge in [-0.25, -0.2) is 13.2 Å². The number of halogens is 6. The number of benzene rings is 2. The van der Waals surface area contributed by atoms with Crippen LogP contribution < -0.4 is 0 Å². The molecule has 0 aliphatic rings. The van der Waals surface area contributed by atoms with Crippen LogP contribution in [0.25, 0.3) is 11.1 Å². The zero-order valence-corrected chi connectivity index (χ0v) is 9.15. The molecule has 0 atom stereocenters. The molecule has 2 aromatic carbocycles. The summed E-state index contributed by atoms with van der Waals surface area (Å²) in [5.41, 5.74) is -2.55. The highest BCUT2D eigenvalue weighted by molar-refractivity contribution is 5.65. The first-order chi connectivity index (χ1) is 8.80. The number of alkyl halides is 3. The molecule has 99 valence electrons. The summed E-state index contributed by atoms with van der Waals surface area (Å²) in [7, 11) is 0. The van der Waals surface area contributed by atoms with Gasteiger partial charge in [0.15, 0.2) is 0 Å². The van der Waals surface area contributed by atoms with E-state index in [2.05, 4.69) is 0 Å². The van der Waals surface area contributed by atoms with Crippen molar-refractivity contribution in [3.05, 3.63) is 59.4 Å². The Labute approximate surface area is 104 Å². The van der Waals surface area contributed by atoms with Crippen LogP contribution in [0.2, 0.25) is 0 Å². The molecular weight excluding hydrogens is 270 g/mol. The zero-order chi connectivity index (χ0) is 14.2. The standard InChI is InChI=1S/C13H5F6/c14-9-2-1-3-10(15)12(9)8-5-4-7(6-11(8)16)13(17,18)19/h1-2,4-6H. The van der Waals surface area contributed by atoms with E-state index in [1.807, 2.05) is 6.07 Å². The Morgan fingerprint density at radius 3 is 2.11 bits per heavy atom. The summed E-state index contributed by atoms with van der Waals surface area (Å²) in [6, 6.07) is 5.26. The molecule has 0 aliphatic carbocycles. The van der Waals surface area contributed by atoms with Crippen molar-refractivity contribution >= 4 is 0 Å². The van der Waals surface area contributed by atoms with Gasteiger partial charge in [0, 0.05) is 11.6 Å². The number of rotatable bonds is 1. The molecule has 0 bridgehead atoms. The van der Waals surface area contributed by atoms with Crippen molar-refractivity contribution in [1.29, 1.82) is 0 Å². The van der Waals surface area contributed by atoms with Gasteiger partial charge in [0.1, 0.15) is 17.5 Å². The molecule has 0 spiro atoms. The lowest BCUT2D eigenvalue weighted by molar-refractivity contribution is -0.137. The average molecular weight is 275 g/mol. The lowest BCUT2D eigenvalue weighted by atomic mass is 10.0. The molecule has 0 unspecified atom stereocenters. The minimum absolute atomic E-state index is 0.196. The van der Waals surface area contributed by atoms with Crippen LogP contribution in [-0.2, 0) is 6.18 Å². The Balaban J connectivity index is 2.59. The first-order valence-corrected chi connectivity index (χ1v) is 5.03. The highest BCUT2D eigenvalue weighted by Crippen LogP contribution is 2.34. The summed E-state index contributed by atoms with van der Waals surface area (Å²) in [4.78, 5) is 0. The Morgan fingerprint density at radius 1 is 0.895 bits per heavy atom. The molecule has 1 radical (unpaired) electrons. The second kappa shape index (κ2) is 4.60. The predicted molar refractivity (Wildman–Crippen MR) is 55.6 cm³/mol. The molecule has 0 aliphatic heterocycles. The maximum atomic E-state index is 13.6. The maximum Gasteiger partial charge on any atom is 0.416 e. The quantitative estimate of drug-likeness (QED) is 0.668. The molecule has 0 amide bonds. The van der Waals surface area contributed by atoms with Crippen molar-refractivity contribution in [2.75, 3.05) is 0 Å². The molecule has 6 heteroatoms. The normalized spacial score (nSPS) is 11.7. The summed E-state index contributed by atoms with van der Waals surface area (Å²) in [6.07, 6.45) is -4.72. The minimum Gasteiger partial charge on any atom is -0.206 e. The molecule has 0 nitrogen and oxygen atoms in total. The minimum atomic E-state index is -4.72. The van der Waals surface area contributed by atoms with Gasteiger partial charge in [0.25, 0.3) is 0 Å². The highest BCUT2D eigenvalue weighted by atomic mass is 19.4. The Hall–Kier alpha value is -1.98. The van der Waals surface area contributed by atoms with E-state index >= 15 is 0 Å². The Kier molecular flexibility index (Phi) is 3.26. The third-order valence-corrected chi connectivity index (χ3v) is 2.46. The Bertz CT molecular complexity index is 595. The van der Waals surface area contributed by atoms with Crippen LogP contribution in [0.3, 0.4) is 0 Å². The SMILES string of the molecule is Fc1[c]ccc(F)c1-c1ccc(C(F)(F)F)cc1F. The second-order valence-corrected chi connectivity index (χ2v) is 3.71. The third-order valence-electron chi connectivity index (χ3n) is 2.46. The molecule has 0 saturated heterocycles. The summed E-state index contributed by atoms with van der Waals surface area (Å²) in [6.45, 7) is 0. The largest absolute Gasteiger partial charge is 0.416 e. The Morgan fingerprint density at radius 2 is 1.58 bits per heavy atom. The molecule has 0 saturated carbocycles. The van der Waals surface area contributed by atoms with Crippen LogP contribution in [0.1, 0.15) is 5.56 Å². The van der Waals surface area contributed by atoms with Crippen molar-refractivity contribution in [2.45, 2.75) is 6.18 Å². The maximum absolute atomic E-state index is 13.6. The van der Waals surface area contributed by atoms with Crippen LogP contribution in [-0.4, -0.2) is 0 Å². The van der Waals surface area contributed by atoms with Gasteiger partial charge >= 0.3 is 6.18 Å². The van der Waals surface area contributed by atoms with Crippen LogP contribution in [0.5, 0.6) is 0 Å². The summed E-state index contributed by atoms with van der Waals surface area (Å²) in [5, 5.41) is 0. The smallest absolute Gasteiger partial charge is 0.206 e. The molecule has 0 aromatic heterocycles. The van der Waals surface area contributed by atoms with E-state index in [4.69, 9.17) is 0 Å². The van der Waals surface area contributed by atoms with Crippen molar-refractivity contribution in [2.24, 2.45) is 0 Å². The fourth-order valence-electron chi connectivity index (χ4n) is 1.59. The van der Waals surface area contributed by atoms with Crippen molar-refractivity contribution in [3.63, 3.8) is 0 Å². The molecule has 19 heavy (non-hydrogen) atoms. The van der Waals surface area contributed by atoms with E-state index in [1.165, 1.54) is 0 Å². The number of hydrogen-bond acceptors (Lipinski definition) is 0. The highest BCUT2D eigenvalue weighted by Gasteiger charge is 2.31. The van der Waals surface area contributed by atoms with Gasteiger partial charge in [-0.3, -0.25) is 0 Å². The zero-order valence-electron chi connectivity index (χ0n) is 9.15. The van der Waals surface area contributed by atoms with Gasteiger partial charge in [-0.15, -0.1) is 0 Å². The van der Waals surface area contributed by atoms with E-state index in [1.54, 1.807) is 0 Å². The van der Waals surface area contributed by atoms with Crippen molar-refractivity contribution in [3.8, 4) is 11.1 Å². The van der Waals surface area contributed by atoms with Crippen LogP contribution in [0.4, 0.5) is 26.3 Å². The fourth-order valence-corrected chi connectivity index (χ4v) is 1.59. The third kappa shape index (κ3) is 2.57. The summed E-state index contributed by atoms with van der Waals surface area (Å²) in [5.74, 6) is -3.60. The molecule has 2 rings (SSSR count). The van der Waals surface area contributed by atoms with E-state index in [-0.39, 0.29) is 6.07 Å². The van der Waals surface area contributed by atoms with Gasteiger partial charge in [-0.1, -0.05) is 6.07 Å². The lowest BCUT2D eigenvalue weighted by Crippen LogP contribution is -2.06. The van der Waals surface area contributed by atoms with Gasteiger partial charge in [-0.2, -0.15) is 13.2 Å². The lowest BCUT2D eigenvalue weighted by Gasteiger charge is -2.10. The van der Waals surface area contributed by atoms with Gasteiger partial charge < -0.3 is 0 Å². The number of hydrogen-bond donors (Lipinski definition) is 0. The van der Waals surface area contributed by atoms with Crippen LogP contribution in [0, 0.1) is 23.5 Å². The molecule has 2 aromatic rings. The molecule has 0 fully saturated rings. The summed E-state index contributed by atoms with van der Waals surface area (Å²) < 4.78 is 77.4. The van der Waals surface area contributed by atoms with Crippen LogP contribution >= 0.6 is 0 Å². The van der Waals surface area contributed by atoms with E-state index in [9.17, 15) is 26.3 Å². The summed E-state index contributed by atoms with van der Waals surface area (Å²) >= 11 is 0. The van der Waals surface area contributed by atoms with Crippen LogP contribution in [0.15, 0.2) is 30.3 Å². The molecular formula is C13H5F6. The fraction of sp³-hybridized carbons (Fsp3) is 0.0769. The average Bonchev–Trinajstić information content (AvgIpc) is 2.29. The predicted octanol–water partition coefficient (Wildman–Crippen LogP) is 4.59. The molecule has 0 N–H and O–H groups in total.